The molecular weight excluding hydrogens is 270 g/mol. The molecule has 1 saturated carbocycles. The summed E-state index contributed by atoms with van der Waals surface area (Å²) in [5, 5.41) is 3.10. The Morgan fingerprint density at radius 2 is 2.25 bits per heavy atom. The van der Waals surface area contributed by atoms with E-state index in [2.05, 4.69) is 21.5 Å². The molecule has 0 aliphatic heterocycles. The number of carbonyl (C=O) groups is 1. The molecule has 4 nitrogen and oxygen atoms in total. The summed E-state index contributed by atoms with van der Waals surface area (Å²) >= 11 is 1.89. The number of carbonyl (C=O) groups excluding carboxylic acids is 1. The molecule has 1 aromatic heterocycles. The van der Waals surface area contributed by atoms with Gasteiger partial charge in [0.2, 0.25) is 0 Å². The second-order valence-electron chi connectivity index (χ2n) is 5.41. The Hall–Kier alpha value is -1.49. The lowest BCUT2D eigenvalue weighted by molar-refractivity contribution is 0.0949. The Morgan fingerprint density at radius 1 is 1.45 bits per heavy atom. The smallest absolute Gasteiger partial charge is 0.251 e. The number of hydrogen-bond acceptors (Lipinski definition) is 3. The molecule has 0 saturated heterocycles. The van der Waals surface area contributed by atoms with E-state index in [0.29, 0.717) is 5.56 Å². The summed E-state index contributed by atoms with van der Waals surface area (Å²) in [5.74, 6) is 0.00169. The highest BCUT2D eigenvalue weighted by atomic mass is 32.2. The van der Waals surface area contributed by atoms with E-state index < -0.39 is 0 Å². The van der Waals surface area contributed by atoms with Gasteiger partial charge in [0, 0.05) is 16.9 Å². The summed E-state index contributed by atoms with van der Waals surface area (Å²) in [6.07, 6.45) is 8.75. The largest absolute Gasteiger partial charge is 0.351 e. The first-order valence-corrected chi connectivity index (χ1v) is 8.21. The van der Waals surface area contributed by atoms with Crippen molar-refractivity contribution < 1.29 is 4.79 Å². The van der Waals surface area contributed by atoms with Crippen molar-refractivity contribution in [3.05, 3.63) is 30.1 Å². The van der Waals surface area contributed by atoms with E-state index in [0.717, 1.165) is 17.6 Å². The molecule has 5 heteroatoms. The van der Waals surface area contributed by atoms with Gasteiger partial charge in [0.05, 0.1) is 17.4 Å². The van der Waals surface area contributed by atoms with Crippen LogP contribution < -0.4 is 5.32 Å². The van der Waals surface area contributed by atoms with E-state index in [1.807, 2.05) is 30.0 Å². The number of aromatic nitrogens is 2. The fourth-order valence-corrected chi connectivity index (χ4v) is 3.81. The van der Waals surface area contributed by atoms with Gasteiger partial charge in [0.1, 0.15) is 0 Å². The Balaban J connectivity index is 1.69. The number of aromatic amines is 1. The van der Waals surface area contributed by atoms with Gasteiger partial charge in [-0.3, -0.25) is 4.79 Å². The lowest BCUT2D eigenvalue weighted by Crippen LogP contribution is -2.38. The van der Waals surface area contributed by atoms with E-state index in [9.17, 15) is 4.79 Å². The number of benzene rings is 1. The van der Waals surface area contributed by atoms with Crippen LogP contribution in [0.1, 0.15) is 36.0 Å². The molecule has 1 amide bonds. The first kappa shape index (κ1) is 13.5. The number of hydrogen-bond donors (Lipinski definition) is 2. The number of amides is 1. The lowest BCUT2D eigenvalue weighted by Gasteiger charge is -2.26. The summed E-state index contributed by atoms with van der Waals surface area (Å²) in [5.41, 5.74) is 2.48. The molecule has 0 atom stereocenters. The zero-order chi connectivity index (χ0) is 14.0. The maximum atomic E-state index is 12.3. The molecule has 2 N–H and O–H groups in total. The Kier molecular flexibility index (Phi) is 3.70. The summed E-state index contributed by atoms with van der Waals surface area (Å²) in [6, 6.07) is 5.57. The molecule has 1 heterocycles. The van der Waals surface area contributed by atoms with Crippen molar-refractivity contribution in [3.63, 3.8) is 0 Å². The van der Waals surface area contributed by atoms with E-state index >= 15 is 0 Å². The van der Waals surface area contributed by atoms with Crippen LogP contribution in [0, 0.1) is 0 Å². The van der Waals surface area contributed by atoms with Crippen LogP contribution in [0.3, 0.4) is 0 Å². The van der Waals surface area contributed by atoms with Crippen molar-refractivity contribution in [1.82, 2.24) is 15.3 Å². The van der Waals surface area contributed by atoms with E-state index in [-0.39, 0.29) is 10.7 Å². The molecule has 3 rings (SSSR count). The third kappa shape index (κ3) is 2.54. The number of thioether (sulfide) groups is 1. The number of nitrogens with zero attached hydrogens (tertiary/aromatic N) is 1. The number of nitrogens with one attached hydrogen (secondary N) is 2. The number of H-pyrrole nitrogens is 1. The zero-order valence-corrected chi connectivity index (χ0v) is 12.4. The highest BCUT2D eigenvalue weighted by Crippen LogP contribution is 2.39. The minimum atomic E-state index is 0.00169. The summed E-state index contributed by atoms with van der Waals surface area (Å²) in [4.78, 5) is 19.5. The van der Waals surface area contributed by atoms with Crippen LogP contribution in [0.2, 0.25) is 0 Å². The predicted molar refractivity (Wildman–Crippen MR) is 83.1 cm³/mol. The topological polar surface area (TPSA) is 57.8 Å². The van der Waals surface area contributed by atoms with Gasteiger partial charge in [0.25, 0.3) is 5.91 Å². The second kappa shape index (κ2) is 5.48. The van der Waals surface area contributed by atoms with Crippen LogP contribution in [0.4, 0.5) is 0 Å². The van der Waals surface area contributed by atoms with Crippen molar-refractivity contribution in [2.75, 3.05) is 12.8 Å². The molecular formula is C15H19N3OS. The summed E-state index contributed by atoms with van der Waals surface area (Å²) in [6.45, 7) is 0.758. The monoisotopic (exact) mass is 289 g/mol. The van der Waals surface area contributed by atoms with Crippen molar-refractivity contribution in [3.8, 4) is 0 Å². The Morgan fingerprint density at radius 3 is 3.00 bits per heavy atom. The van der Waals surface area contributed by atoms with Crippen LogP contribution in [-0.4, -0.2) is 33.4 Å². The number of rotatable bonds is 4. The van der Waals surface area contributed by atoms with Crippen LogP contribution in [0.15, 0.2) is 24.5 Å². The van der Waals surface area contributed by atoms with Gasteiger partial charge < -0.3 is 10.3 Å². The third-order valence-corrected chi connectivity index (χ3v) is 5.62. The molecule has 0 bridgehead atoms. The van der Waals surface area contributed by atoms with Crippen molar-refractivity contribution in [2.24, 2.45) is 0 Å². The quantitative estimate of drug-likeness (QED) is 0.909. The van der Waals surface area contributed by atoms with Crippen molar-refractivity contribution >= 4 is 28.7 Å². The average Bonchev–Trinajstić information content (AvgIpc) is 3.13. The van der Waals surface area contributed by atoms with Gasteiger partial charge in [0.15, 0.2) is 0 Å². The van der Waals surface area contributed by atoms with Gasteiger partial charge in [-0.2, -0.15) is 11.8 Å². The first-order chi connectivity index (χ1) is 9.72. The Labute approximate surface area is 122 Å². The first-order valence-electron chi connectivity index (χ1n) is 6.99. The van der Waals surface area contributed by atoms with E-state index in [1.54, 1.807) is 6.33 Å². The molecule has 20 heavy (non-hydrogen) atoms. The van der Waals surface area contributed by atoms with Crippen molar-refractivity contribution in [2.45, 2.75) is 30.4 Å². The SMILES string of the molecule is CSC1(CNC(=O)c2ccc3nc[nH]c3c2)CCCC1. The molecule has 0 spiro atoms. The highest BCUT2D eigenvalue weighted by molar-refractivity contribution is 8.00. The minimum Gasteiger partial charge on any atom is -0.351 e. The third-order valence-electron chi connectivity index (χ3n) is 4.20. The molecule has 1 aliphatic rings. The van der Waals surface area contributed by atoms with Crippen LogP contribution >= 0.6 is 11.8 Å². The molecule has 1 aliphatic carbocycles. The van der Waals surface area contributed by atoms with E-state index in [1.165, 1.54) is 25.7 Å². The second-order valence-corrected chi connectivity index (χ2v) is 6.69. The van der Waals surface area contributed by atoms with Crippen LogP contribution in [-0.2, 0) is 0 Å². The molecule has 106 valence electrons. The lowest BCUT2D eigenvalue weighted by atomic mass is 10.1. The molecule has 2 aromatic rings. The standard InChI is InChI=1S/C15H19N3OS/c1-20-15(6-2-3-7-15)9-16-14(19)11-4-5-12-13(8-11)18-10-17-12/h4-5,8,10H,2-3,6-7,9H2,1H3,(H,16,19)(H,17,18). The van der Waals surface area contributed by atoms with Crippen molar-refractivity contribution in [1.29, 1.82) is 0 Å². The van der Waals surface area contributed by atoms with Gasteiger partial charge in [-0.25, -0.2) is 4.98 Å². The van der Waals surface area contributed by atoms with Crippen LogP contribution in [0.25, 0.3) is 11.0 Å². The average molecular weight is 289 g/mol. The summed E-state index contributed by atoms with van der Waals surface area (Å²) in [7, 11) is 0. The number of imidazole rings is 1. The van der Waals surface area contributed by atoms with Gasteiger partial charge in [-0.05, 0) is 37.3 Å². The predicted octanol–water partition coefficient (Wildman–Crippen LogP) is 2.97. The highest BCUT2D eigenvalue weighted by Gasteiger charge is 2.33. The van der Waals surface area contributed by atoms with Gasteiger partial charge in [-0.15, -0.1) is 0 Å². The van der Waals surface area contributed by atoms with E-state index in [4.69, 9.17) is 0 Å². The van der Waals surface area contributed by atoms with Gasteiger partial charge in [-0.1, -0.05) is 12.8 Å². The maximum absolute atomic E-state index is 12.3. The molecule has 1 fully saturated rings. The number of fused-ring (bicyclic) bond motifs is 1. The normalized spacial score (nSPS) is 17.4. The van der Waals surface area contributed by atoms with Gasteiger partial charge >= 0.3 is 0 Å². The molecule has 0 radical (unpaired) electrons. The zero-order valence-electron chi connectivity index (χ0n) is 11.6. The maximum Gasteiger partial charge on any atom is 0.251 e. The fraction of sp³-hybridized carbons (Fsp3) is 0.467. The Bertz CT molecular complexity index is 616. The molecule has 1 aromatic carbocycles. The fourth-order valence-electron chi connectivity index (χ4n) is 2.89. The minimum absolute atomic E-state index is 0.00169. The molecule has 0 unspecified atom stereocenters. The summed E-state index contributed by atoms with van der Waals surface area (Å²) < 4.78 is 0.244. The van der Waals surface area contributed by atoms with Crippen LogP contribution in [0.5, 0.6) is 0 Å².